The van der Waals surface area contributed by atoms with E-state index in [-0.39, 0.29) is 26.0 Å². The minimum absolute atomic E-state index is 0.162. The second kappa shape index (κ2) is 5.38. The van der Waals surface area contributed by atoms with Crippen LogP contribution < -0.4 is 18.9 Å². The van der Waals surface area contributed by atoms with Crippen LogP contribution in [0.5, 0.6) is 23.0 Å². The van der Waals surface area contributed by atoms with Gasteiger partial charge in [0.1, 0.15) is 23.9 Å². The maximum absolute atomic E-state index is 13.7. The molecular weight excluding hydrogens is 291 g/mol. The Hall–Kier alpha value is -2.47. The van der Waals surface area contributed by atoms with Gasteiger partial charge in [-0.05, 0) is 24.3 Å². The van der Waals surface area contributed by atoms with Crippen LogP contribution in [0.2, 0.25) is 0 Å². The number of fused-ring (bicyclic) bond motifs is 2. The molecule has 0 saturated carbocycles. The van der Waals surface area contributed by atoms with E-state index in [1.165, 1.54) is 12.1 Å². The molecule has 2 aromatic rings. The summed E-state index contributed by atoms with van der Waals surface area (Å²) in [6, 6.07) is 8.14. The normalized spacial score (nSPS) is 15.1. The minimum Gasteiger partial charge on any atom is -0.489 e. The summed E-state index contributed by atoms with van der Waals surface area (Å²) >= 11 is 0. The van der Waals surface area contributed by atoms with Gasteiger partial charge >= 0.3 is 0 Å². The third-order valence-corrected chi connectivity index (χ3v) is 3.49. The zero-order chi connectivity index (χ0) is 14.9. The molecule has 0 amide bonds. The summed E-state index contributed by atoms with van der Waals surface area (Å²) in [5.41, 5.74) is 1.34. The van der Waals surface area contributed by atoms with Gasteiger partial charge < -0.3 is 23.7 Å². The van der Waals surface area contributed by atoms with Crippen LogP contribution in [0.3, 0.4) is 0 Å². The molecule has 22 heavy (non-hydrogen) atoms. The first-order chi connectivity index (χ1) is 10.8. The SMILES string of the molecule is Fc1cc2c(c(COc3ccc4c(c3)OCO4)c1)OCOC2. The summed E-state index contributed by atoms with van der Waals surface area (Å²) in [4.78, 5) is 0. The van der Waals surface area contributed by atoms with Gasteiger partial charge in [0, 0.05) is 17.2 Å². The first-order valence-electron chi connectivity index (χ1n) is 6.84. The fourth-order valence-corrected chi connectivity index (χ4v) is 2.49. The highest BCUT2D eigenvalue weighted by molar-refractivity contribution is 5.47. The molecule has 2 aliphatic rings. The van der Waals surface area contributed by atoms with E-state index in [4.69, 9.17) is 23.7 Å². The van der Waals surface area contributed by atoms with Crippen LogP contribution in [-0.2, 0) is 18.0 Å². The zero-order valence-corrected chi connectivity index (χ0v) is 11.6. The number of halogens is 1. The van der Waals surface area contributed by atoms with Gasteiger partial charge in [-0.2, -0.15) is 0 Å². The Kier molecular flexibility index (Phi) is 3.23. The molecule has 0 atom stereocenters. The summed E-state index contributed by atoms with van der Waals surface area (Å²) in [5.74, 6) is 2.25. The second-order valence-electron chi connectivity index (χ2n) is 4.97. The summed E-state index contributed by atoms with van der Waals surface area (Å²) < 4.78 is 40.5. The lowest BCUT2D eigenvalue weighted by Crippen LogP contribution is -2.14. The molecule has 0 aromatic heterocycles. The summed E-state index contributed by atoms with van der Waals surface area (Å²) in [7, 11) is 0. The highest BCUT2D eigenvalue weighted by atomic mass is 19.1. The molecule has 0 N–H and O–H groups in total. The molecule has 0 radical (unpaired) electrons. The van der Waals surface area contributed by atoms with E-state index in [2.05, 4.69) is 0 Å². The Bertz CT molecular complexity index is 716. The van der Waals surface area contributed by atoms with Crippen LogP contribution in [0.25, 0.3) is 0 Å². The lowest BCUT2D eigenvalue weighted by atomic mass is 10.1. The van der Waals surface area contributed by atoms with Crippen molar-refractivity contribution in [1.29, 1.82) is 0 Å². The van der Waals surface area contributed by atoms with Crippen LogP contribution in [0.15, 0.2) is 30.3 Å². The monoisotopic (exact) mass is 304 g/mol. The standard InChI is InChI=1S/C16H13FO5/c17-12-3-10-6-18-8-22-16(10)11(4-12)7-19-13-1-2-14-15(5-13)21-9-20-14/h1-5H,6-9H2. The maximum atomic E-state index is 13.7. The van der Waals surface area contributed by atoms with Crippen LogP contribution in [0.4, 0.5) is 4.39 Å². The summed E-state index contributed by atoms with van der Waals surface area (Å²) in [6.45, 7) is 0.906. The predicted octanol–water partition coefficient (Wildman–Crippen LogP) is 3.00. The maximum Gasteiger partial charge on any atom is 0.231 e. The largest absolute Gasteiger partial charge is 0.489 e. The molecule has 4 rings (SSSR count). The molecule has 5 nitrogen and oxygen atoms in total. The Balaban J connectivity index is 1.55. The van der Waals surface area contributed by atoms with Crippen molar-refractivity contribution < 1.29 is 28.1 Å². The number of hydrogen-bond donors (Lipinski definition) is 0. The molecular formula is C16H13FO5. The van der Waals surface area contributed by atoms with Crippen molar-refractivity contribution >= 4 is 0 Å². The third kappa shape index (κ3) is 2.42. The molecule has 0 spiro atoms. The average molecular weight is 304 g/mol. The lowest BCUT2D eigenvalue weighted by molar-refractivity contribution is -0.0178. The Morgan fingerprint density at radius 3 is 2.86 bits per heavy atom. The Morgan fingerprint density at radius 1 is 1.00 bits per heavy atom. The first kappa shape index (κ1) is 13.2. The van der Waals surface area contributed by atoms with E-state index < -0.39 is 0 Å². The van der Waals surface area contributed by atoms with E-state index in [0.29, 0.717) is 40.7 Å². The number of benzene rings is 2. The lowest BCUT2D eigenvalue weighted by Gasteiger charge is -2.21. The van der Waals surface area contributed by atoms with Crippen LogP contribution in [0, 0.1) is 5.82 Å². The van der Waals surface area contributed by atoms with E-state index in [9.17, 15) is 4.39 Å². The third-order valence-electron chi connectivity index (χ3n) is 3.49. The fraction of sp³-hybridized carbons (Fsp3) is 0.250. The van der Waals surface area contributed by atoms with E-state index in [0.717, 1.165) is 0 Å². The van der Waals surface area contributed by atoms with Crippen molar-refractivity contribution in [3.05, 3.63) is 47.3 Å². The summed E-state index contributed by atoms with van der Waals surface area (Å²) in [6.07, 6.45) is 0. The van der Waals surface area contributed by atoms with Gasteiger partial charge in [-0.15, -0.1) is 0 Å². The number of ether oxygens (including phenoxy) is 5. The predicted molar refractivity (Wildman–Crippen MR) is 73.6 cm³/mol. The quantitative estimate of drug-likeness (QED) is 0.872. The topological polar surface area (TPSA) is 46.2 Å². The smallest absolute Gasteiger partial charge is 0.231 e. The molecule has 0 unspecified atom stereocenters. The Labute approximate surface area is 126 Å². The van der Waals surface area contributed by atoms with Gasteiger partial charge in [-0.1, -0.05) is 0 Å². The molecule has 0 bridgehead atoms. The highest BCUT2D eigenvalue weighted by Gasteiger charge is 2.18. The van der Waals surface area contributed by atoms with Gasteiger partial charge in [-0.3, -0.25) is 0 Å². The second-order valence-corrected chi connectivity index (χ2v) is 4.97. The molecule has 2 aliphatic heterocycles. The van der Waals surface area contributed by atoms with Gasteiger partial charge in [0.2, 0.25) is 6.79 Å². The van der Waals surface area contributed by atoms with Crippen molar-refractivity contribution in [2.75, 3.05) is 13.6 Å². The number of hydrogen-bond acceptors (Lipinski definition) is 5. The van der Waals surface area contributed by atoms with E-state index >= 15 is 0 Å². The molecule has 6 heteroatoms. The van der Waals surface area contributed by atoms with Gasteiger partial charge in [-0.25, -0.2) is 4.39 Å². The molecule has 0 saturated heterocycles. The molecule has 114 valence electrons. The highest BCUT2D eigenvalue weighted by Crippen LogP contribution is 2.36. The Morgan fingerprint density at radius 2 is 1.91 bits per heavy atom. The number of rotatable bonds is 3. The van der Waals surface area contributed by atoms with Crippen molar-refractivity contribution in [2.45, 2.75) is 13.2 Å². The first-order valence-corrected chi connectivity index (χ1v) is 6.84. The summed E-state index contributed by atoms with van der Waals surface area (Å²) in [5, 5.41) is 0. The average Bonchev–Trinajstić information content (AvgIpc) is 3.00. The van der Waals surface area contributed by atoms with Gasteiger partial charge in [0.15, 0.2) is 18.3 Å². The minimum atomic E-state index is -0.336. The molecule has 0 fully saturated rings. The van der Waals surface area contributed by atoms with Crippen molar-refractivity contribution in [1.82, 2.24) is 0 Å². The molecule has 2 heterocycles. The van der Waals surface area contributed by atoms with E-state index in [1.54, 1.807) is 18.2 Å². The van der Waals surface area contributed by atoms with Crippen molar-refractivity contribution in [3.8, 4) is 23.0 Å². The van der Waals surface area contributed by atoms with Crippen molar-refractivity contribution in [3.63, 3.8) is 0 Å². The van der Waals surface area contributed by atoms with E-state index in [1.807, 2.05) is 0 Å². The van der Waals surface area contributed by atoms with Crippen LogP contribution in [-0.4, -0.2) is 13.6 Å². The fourth-order valence-electron chi connectivity index (χ4n) is 2.49. The van der Waals surface area contributed by atoms with Gasteiger partial charge in [0.05, 0.1) is 6.61 Å². The van der Waals surface area contributed by atoms with Crippen LogP contribution in [0.1, 0.15) is 11.1 Å². The molecule has 2 aromatic carbocycles. The van der Waals surface area contributed by atoms with Gasteiger partial charge in [0.25, 0.3) is 0 Å². The zero-order valence-electron chi connectivity index (χ0n) is 11.6. The molecule has 0 aliphatic carbocycles. The van der Waals surface area contributed by atoms with Crippen molar-refractivity contribution in [2.24, 2.45) is 0 Å². The van der Waals surface area contributed by atoms with Crippen LogP contribution >= 0.6 is 0 Å².